The van der Waals surface area contributed by atoms with Crippen molar-refractivity contribution in [3.63, 3.8) is 0 Å². The van der Waals surface area contributed by atoms with Gasteiger partial charge in [0.2, 0.25) is 0 Å². The van der Waals surface area contributed by atoms with Gasteiger partial charge in [0.15, 0.2) is 11.6 Å². The number of amides is 1. The fourth-order valence-electron chi connectivity index (χ4n) is 4.57. The highest BCUT2D eigenvalue weighted by Gasteiger charge is 2.26. The highest BCUT2D eigenvalue weighted by molar-refractivity contribution is 7.19. The van der Waals surface area contributed by atoms with Crippen LogP contribution in [0.5, 0.6) is 0 Å². The van der Waals surface area contributed by atoms with Crippen molar-refractivity contribution in [3.05, 3.63) is 34.5 Å². The third kappa shape index (κ3) is 4.90. The molecule has 36 heavy (non-hydrogen) atoms. The number of anilines is 1. The van der Waals surface area contributed by atoms with E-state index in [0.717, 1.165) is 59.9 Å². The number of aliphatic hydroxyl groups excluding tert-OH is 1. The Morgan fingerprint density at radius 3 is 2.58 bits per heavy atom. The van der Waals surface area contributed by atoms with Crippen molar-refractivity contribution in [1.82, 2.24) is 24.8 Å². The van der Waals surface area contributed by atoms with Crippen LogP contribution in [0.1, 0.15) is 23.1 Å². The van der Waals surface area contributed by atoms with Crippen LogP contribution in [0, 0.1) is 18.3 Å². The molecule has 0 spiro atoms. The molecular formula is C25H29N7O3S. The first-order chi connectivity index (χ1) is 17.4. The summed E-state index contributed by atoms with van der Waals surface area (Å²) in [6.07, 6.45) is 0.693. The van der Waals surface area contributed by atoms with Crippen LogP contribution in [-0.2, 0) is 16.1 Å². The van der Waals surface area contributed by atoms with Gasteiger partial charge in [-0.2, -0.15) is 5.26 Å². The summed E-state index contributed by atoms with van der Waals surface area (Å²) in [7, 11) is 0. The quantitative estimate of drug-likeness (QED) is 0.551. The fourth-order valence-corrected chi connectivity index (χ4v) is 5.88. The average Bonchev–Trinajstić information content (AvgIpc) is 3.23. The van der Waals surface area contributed by atoms with E-state index in [2.05, 4.69) is 27.8 Å². The van der Waals surface area contributed by atoms with Gasteiger partial charge in [-0.25, -0.2) is 15.0 Å². The summed E-state index contributed by atoms with van der Waals surface area (Å²) in [4.78, 5) is 33.8. The molecule has 11 heteroatoms. The third-order valence-electron chi connectivity index (χ3n) is 6.70. The van der Waals surface area contributed by atoms with Gasteiger partial charge < -0.3 is 19.6 Å². The molecule has 1 atom stereocenters. The van der Waals surface area contributed by atoms with Crippen LogP contribution in [-0.4, -0.2) is 94.4 Å². The zero-order valence-corrected chi connectivity index (χ0v) is 21.3. The average molecular weight is 508 g/mol. The molecule has 0 radical (unpaired) electrons. The van der Waals surface area contributed by atoms with E-state index in [-0.39, 0.29) is 5.91 Å². The van der Waals surface area contributed by atoms with E-state index in [0.29, 0.717) is 37.8 Å². The Kier molecular flexibility index (Phi) is 7.11. The number of aromatic nitrogens is 3. The summed E-state index contributed by atoms with van der Waals surface area (Å²) < 4.78 is 6.64. The lowest BCUT2D eigenvalue weighted by molar-refractivity contribution is -0.141. The molecule has 2 aliphatic heterocycles. The Morgan fingerprint density at radius 1 is 1.19 bits per heavy atom. The SMILES string of the molecule is Cc1c(CN2CCN(C(=O)[C@H](C)O)CC2)sc2c(N3CCOCC3)nc(-c3ccc(C#N)nc3)nc12. The Hall–Kier alpha value is -3.17. The Balaban J connectivity index is 1.46. The van der Waals surface area contributed by atoms with Crippen molar-refractivity contribution in [1.29, 1.82) is 5.26 Å². The number of hydrogen-bond acceptors (Lipinski definition) is 10. The number of nitrogens with zero attached hydrogens (tertiary/aromatic N) is 7. The number of aryl methyl sites for hydroxylation is 1. The van der Waals surface area contributed by atoms with E-state index in [4.69, 9.17) is 20.0 Å². The van der Waals surface area contributed by atoms with Gasteiger partial charge in [0.1, 0.15) is 17.9 Å². The summed E-state index contributed by atoms with van der Waals surface area (Å²) in [6.45, 7) is 10.0. The summed E-state index contributed by atoms with van der Waals surface area (Å²) in [5, 5.41) is 18.7. The first kappa shape index (κ1) is 24.5. The molecule has 5 heterocycles. The maximum Gasteiger partial charge on any atom is 0.251 e. The number of aliphatic hydroxyl groups is 1. The summed E-state index contributed by atoms with van der Waals surface area (Å²) in [5.41, 5.74) is 3.21. The van der Waals surface area contributed by atoms with Crippen LogP contribution in [0.15, 0.2) is 18.3 Å². The molecule has 3 aromatic heterocycles. The van der Waals surface area contributed by atoms with E-state index in [9.17, 15) is 9.90 Å². The zero-order valence-electron chi connectivity index (χ0n) is 20.5. The molecule has 2 fully saturated rings. The third-order valence-corrected chi connectivity index (χ3v) is 7.96. The molecule has 0 aromatic carbocycles. The lowest BCUT2D eigenvalue weighted by Gasteiger charge is -2.35. The Bertz CT molecular complexity index is 1290. The number of piperazine rings is 1. The van der Waals surface area contributed by atoms with E-state index in [1.165, 1.54) is 11.8 Å². The minimum atomic E-state index is -0.959. The number of hydrogen-bond donors (Lipinski definition) is 1. The molecule has 2 aliphatic rings. The van der Waals surface area contributed by atoms with Crippen LogP contribution in [0.3, 0.4) is 0 Å². The summed E-state index contributed by atoms with van der Waals surface area (Å²) >= 11 is 1.73. The molecule has 1 amide bonds. The van der Waals surface area contributed by atoms with E-state index < -0.39 is 6.10 Å². The maximum atomic E-state index is 12.1. The standard InChI is InChI=1S/C25H29N7O3S/c1-16-20(15-30-5-7-32(8-6-30)25(34)17(2)33)36-22-21(16)28-23(18-3-4-19(13-26)27-14-18)29-24(22)31-9-11-35-12-10-31/h3-4,14,17,33H,5-12,15H2,1-2H3/t17-/m0/s1. The normalized spacial score (nSPS) is 17.8. The number of rotatable bonds is 5. The van der Waals surface area contributed by atoms with Crippen molar-refractivity contribution in [3.8, 4) is 17.5 Å². The van der Waals surface area contributed by atoms with Crippen LogP contribution in [0.25, 0.3) is 21.6 Å². The van der Waals surface area contributed by atoms with Gasteiger partial charge in [-0.15, -0.1) is 11.3 Å². The molecule has 0 saturated carbocycles. The van der Waals surface area contributed by atoms with Crippen LogP contribution in [0.2, 0.25) is 0 Å². The van der Waals surface area contributed by atoms with Crippen molar-refractivity contribution < 1.29 is 14.6 Å². The maximum absolute atomic E-state index is 12.1. The Labute approximate surface area is 213 Å². The molecule has 0 unspecified atom stereocenters. The predicted octanol–water partition coefficient (Wildman–Crippen LogP) is 1.79. The van der Waals surface area contributed by atoms with E-state index in [1.54, 1.807) is 28.5 Å². The highest BCUT2D eigenvalue weighted by atomic mass is 32.1. The van der Waals surface area contributed by atoms with Gasteiger partial charge in [-0.3, -0.25) is 9.69 Å². The van der Waals surface area contributed by atoms with Crippen molar-refractivity contribution in [2.45, 2.75) is 26.5 Å². The van der Waals surface area contributed by atoms with E-state index >= 15 is 0 Å². The number of carbonyl (C=O) groups is 1. The number of fused-ring (bicyclic) bond motifs is 1. The Morgan fingerprint density at radius 2 is 1.94 bits per heavy atom. The largest absolute Gasteiger partial charge is 0.384 e. The molecule has 5 rings (SSSR count). The molecule has 0 aliphatic carbocycles. The first-order valence-corrected chi connectivity index (χ1v) is 12.9. The zero-order chi connectivity index (χ0) is 25.2. The minimum absolute atomic E-state index is 0.206. The molecule has 1 N–H and O–H groups in total. The van der Waals surface area contributed by atoms with Gasteiger partial charge in [-0.05, 0) is 31.5 Å². The van der Waals surface area contributed by atoms with E-state index in [1.807, 2.05) is 6.07 Å². The minimum Gasteiger partial charge on any atom is -0.384 e. The lowest BCUT2D eigenvalue weighted by atomic mass is 10.2. The van der Waals surface area contributed by atoms with Crippen LogP contribution in [0.4, 0.5) is 5.82 Å². The van der Waals surface area contributed by atoms with Gasteiger partial charge in [0.25, 0.3) is 5.91 Å². The predicted molar refractivity (Wildman–Crippen MR) is 137 cm³/mol. The topological polar surface area (TPSA) is 119 Å². The molecule has 2 saturated heterocycles. The van der Waals surface area contributed by atoms with Gasteiger partial charge in [0, 0.05) is 62.5 Å². The number of morpholine rings is 1. The number of thiophene rings is 1. The second-order valence-corrected chi connectivity index (χ2v) is 10.2. The van der Waals surface area contributed by atoms with Crippen LogP contribution >= 0.6 is 11.3 Å². The van der Waals surface area contributed by atoms with Crippen molar-refractivity contribution >= 4 is 33.3 Å². The highest BCUT2D eigenvalue weighted by Crippen LogP contribution is 2.38. The molecule has 10 nitrogen and oxygen atoms in total. The fraction of sp³-hybridized carbons (Fsp3) is 0.480. The molecule has 3 aromatic rings. The van der Waals surface area contributed by atoms with Crippen molar-refractivity contribution in [2.24, 2.45) is 0 Å². The number of ether oxygens (including phenoxy) is 1. The smallest absolute Gasteiger partial charge is 0.251 e. The van der Waals surface area contributed by atoms with Gasteiger partial charge >= 0.3 is 0 Å². The second kappa shape index (κ2) is 10.4. The van der Waals surface area contributed by atoms with Crippen LogP contribution < -0.4 is 4.90 Å². The number of pyridine rings is 1. The summed E-state index contributed by atoms with van der Waals surface area (Å²) in [5.74, 6) is 1.30. The first-order valence-electron chi connectivity index (χ1n) is 12.1. The van der Waals surface area contributed by atoms with Crippen molar-refractivity contribution in [2.75, 3.05) is 57.4 Å². The number of nitriles is 1. The molecule has 188 valence electrons. The summed E-state index contributed by atoms with van der Waals surface area (Å²) in [6, 6.07) is 5.58. The monoisotopic (exact) mass is 507 g/mol. The number of carbonyl (C=O) groups excluding carboxylic acids is 1. The molecule has 0 bridgehead atoms. The lowest BCUT2D eigenvalue weighted by Crippen LogP contribution is -2.50. The van der Waals surface area contributed by atoms with Gasteiger partial charge in [-0.1, -0.05) is 0 Å². The van der Waals surface area contributed by atoms with Gasteiger partial charge in [0.05, 0.1) is 23.4 Å². The second-order valence-electron chi connectivity index (χ2n) is 9.12. The molecular weight excluding hydrogens is 478 g/mol.